The van der Waals surface area contributed by atoms with Gasteiger partial charge in [0.2, 0.25) is 5.88 Å². The zero-order valence-corrected chi connectivity index (χ0v) is 14.1. The fourth-order valence-corrected chi connectivity index (χ4v) is 3.42. The minimum atomic E-state index is 0.591. The number of ether oxygens (including phenoxy) is 1. The predicted octanol–water partition coefficient (Wildman–Crippen LogP) is 3.01. The zero-order valence-electron chi connectivity index (χ0n) is 14.1. The van der Waals surface area contributed by atoms with Crippen LogP contribution in [0.25, 0.3) is 44.2 Å². The van der Waals surface area contributed by atoms with Crippen LogP contribution in [0.2, 0.25) is 0 Å². The van der Waals surface area contributed by atoms with E-state index in [9.17, 15) is 0 Å². The van der Waals surface area contributed by atoms with Crippen LogP contribution in [-0.4, -0.2) is 36.4 Å². The molecule has 0 fully saturated rings. The maximum Gasteiger partial charge on any atom is 0.213 e. The SMILES string of the molecule is COc1ccc2c(n1)c(-c1cc3c(ncc4c[nH]n(C)c43)n1)cn2C. The van der Waals surface area contributed by atoms with Gasteiger partial charge in [-0.15, -0.1) is 0 Å². The molecule has 0 aliphatic carbocycles. The van der Waals surface area contributed by atoms with Crippen LogP contribution in [0.15, 0.2) is 36.8 Å². The largest absolute Gasteiger partial charge is 0.481 e. The highest BCUT2D eigenvalue weighted by Gasteiger charge is 2.16. The summed E-state index contributed by atoms with van der Waals surface area (Å²) in [6.07, 6.45) is 5.83. The molecule has 0 bridgehead atoms. The number of hydrogen-bond donors (Lipinski definition) is 1. The first-order valence-corrected chi connectivity index (χ1v) is 7.95. The van der Waals surface area contributed by atoms with E-state index in [1.54, 1.807) is 7.11 Å². The number of aryl methyl sites for hydroxylation is 2. The number of H-pyrrole nitrogens is 1. The molecule has 0 aliphatic heterocycles. The van der Waals surface area contributed by atoms with E-state index in [2.05, 4.69) is 25.7 Å². The molecule has 5 heterocycles. The van der Waals surface area contributed by atoms with Gasteiger partial charge >= 0.3 is 0 Å². The van der Waals surface area contributed by atoms with Crippen molar-refractivity contribution in [3.8, 4) is 17.1 Å². The van der Waals surface area contributed by atoms with E-state index in [1.807, 2.05) is 49.5 Å². The number of nitrogens with zero attached hydrogens (tertiary/aromatic N) is 5. The number of rotatable bonds is 2. The van der Waals surface area contributed by atoms with Crippen LogP contribution in [0.1, 0.15) is 0 Å². The van der Waals surface area contributed by atoms with Gasteiger partial charge in [-0.05, 0) is 12.1 Å². The Balaban J connectivity index is 1.82. The fourth-order valence-electron chi connectivity index (χ4n) is 3.42. The molecule has 7 nitrogen and oxygen atoms in total. The van der Waals surface area contributed by atoms with Crippen molar-refractivity contribution in [2.75, 3.05) is 7.11 Å². The Bertz CT molecular complexity index is 1260. The molecule has 5 aromatic rings. The van der Waals surface area contributed by atoms with Gasteiger partial charge in [-0.1, -0.05) is 0 Å². The molecule has 5 rings (SSSR count). The molecule has 124 valence electrons. The lowest BCUT2D eigenvalue weighted by molar-refractivity contribution is 0.399. The molecule has 25 heavy (non-hydrogen) atoms. The van der Waals surface area contributed by atoms with Crippen molar-refractivity contribution in [1.29, 1.82) is 0 Å². The third-order valence-corrected chi connectivity index (χ3v) is 4.64. The lowest BCUT2D eigenvalue weighted by atomic mass is 10.2. The van der Waals surface area contributed by atoms with E-state index in [-0.39, 0.29) is 0 Å². The molecule has 0 saturated heterocycles. The van der Waals surface area contributed by atoms with Crippen LogP contribution < -0.4 is 4.74 Å². The van der Waals surface area contributed by atoms with Crippen LogP contribution >= 0.6 is 0 Å². The molecule has 7 heteroatoms. The van der Waals surface area contributed by atoms with E-state index < -0.39 is 0 Å². The number of methoxy groups -OCH3 is 1. The number of nitrogens with one attached hydrogen (secondary N) is 1. The monoisotopic (exact) mass is 332 g/mol. The topological polar surface area (TPSA) is 73.6 Å². The van der Waals surface area contributed by atoms with Gasteiger partial charge in [0.25, 0.3) is 0 Å². The highest BCUT2D eigenvalue weighted by molar-refractivity contribution is 6.05. The number of fused-ring (bicyclic) bond motifs is 4. The smallest absolute Gasteiger partial charge is 0.213 e. The first kappa shape index (κ1) is 14.0. The van der Waals surface area contributed by atoms with Crippen LogP contribution in [-0.2, 0) is 14.1 Å². The molecule has 0 spiro atoms. The van der Waals surface area contributed by atoms with Gasteiger partial charge in [-0.2, -0.15) is 0 Å². The maximum absolute atomic E-state index is 5.28. The van der Waals surface area contributed by atoms with Gasteiger partial charge in [0.15, 0.2) is 5.65 Å². The van der Waals surface area contributed by atoms with Gasteiger partial charge < -0.3 is 14.4 Å². The third kappa shape index (κ3) is 1.89. The van der Waals surface area contributed by atoms with Crippen molar-refractivity contribution >= 4 is 33.0 Å². The second kappa shape index (κ2) is 4.83. The lowest BCUT2D eigenvalue weighted by Crippen LogP contribution is -1.89. The summed E-state index contributed by atoms with van der Waals surface area (Å²) in [5.41, 5.74) is 5.57. The van der Waals surface area contributed by atoms with Gasteiger partial charge in [0.1, 0.15) is 5.52 Å². The van der Waals surface area contributed by atoms with E-state index in [1.165, 1.54) is 0 Å². The average molecular weight is 332 g/mol. The van der Waals surface area contributed by atoms with Crippen LogP contribution in [0.5, 0.6) is 5.88 Å². The second-order valence-corrected chi connectivity index (χ2v) is 6.15. The van der Waals surface area contributed by atoms with E-state index >= 15 is 0 Å². The van der Waals surface area contributed by atoms with Crippen molar-refractivity contribution in [1.82, 2.24) is 29.3 Å². The molecule has 0 saturated carbocycles. The summed E-state index contributed by atoms with van der Waals surface area (Å²) in [5.74, 6) is 0.591. The summed E-state index contributed by atoms with van der Waals surface area (Å²) >= 11 is 0. The Morgan fingerprint density at radius 2 is 2.04 bits per heavy atom. The average Bonchev–Trinajstić information content (AvgIpc) is 3.30. The van der Waals surface area contributed by atoms with Crippen molar-refractivity contribution in [3.63, 3.8) is 0 Å². The molecule has 0 atom stereocenters. The van der Waals surface area contributed by atoms with Crippen LogP contribution in [0.3, 0.4) is 0 Å². The Labute approximate surface area is 142 Å². The molecule has 1 N–H and O–H groups in total. The lowest BCUT2D eigenvalue weighted by Gasteiger charge is -2.00. The minimum Gasteiger partial charge on any atom is -0.481 e. The molecule has 0 amide bonds. The highest BCUT2D eigenvalue weighted by atomic mass is 16.5. The number of pyridine rings is 2. The first-order valence-electron chi connectivity index (χ1n) is 7.95. The van der Waals surface area contributed by atoms with Crippen molar-refractivity contribution in [3.05, 3.63) is 36.8 Å². The van der Waals surface area contributed by atoms with Crippen LogP contribution in [0, 0.1) is 0 Å². The van der Waals surface area contributed by atoms with Crippen LogP contribution in [0.4, 0.5) is 0 Å². The molecule has 5 aromatic heterocycles. The van der Waals surface area contributed by atoms with Gasteiger partial charge in [-0.3, -0.25) is 4.68 Å². The fraction of sp³-hybridized carbons (Fsp3) is 0.167. The summed E-state index contributed by atoms with van der Waals surface area (Å²) in [4.78, 5) is 13.8. The van der Waals surface area contributed by atoms with E-state index in [0.717, 1.165) is 44.2 Å². The molecular formula is C18H16N6O. The first-order chi connectivity index (χ1) is 12.2. The number of aromatic nitrogens is 6. The Morgan fingerprint density at radius 1 is 1.16 bits per heavy atom. The number of hydrogen-bond acceptors (Lipinski definition) is 4. The molecule has 0 radical (unpaired) electrons. The van der Waals surface area contributed by atoms with Crippen molar-refractivity contribution in [2.45, 2.75) is 0 Å². The summed E-state index contributed by atoms with van der Waals surface area (Å²) in [6.45, 7) is 0. The van der Waals surface area contributed by atoms with Gasteiger partial charge in [-0.25, -0.2) is 15.0 Å². The van der Waals surface area contributed by atoms with Crippen molar-refractivity contribution < 1.29 is 4.74 Å². The third-order valence-electron chi connectivity index (χ3n) is 4.64. The predicted molar refractivity (Wildman–Crippen MR) is 96.6 cm³/mol. The molecule has 0 aliphatic rings. The normalized spacial score (nSPS) is 11.8. The zero-order chi connectivity index (χ0) is 17.1. The Morgan fingerprint density at radius 3 is 2.88 bits per heavy atom. The molecular weight excluding hydrogens is 316 g/mol. The summed E-state index contributed by atoms with van der Waals surface area (Å²) < 4.78 is 9.32. The van der Waals surface area contributed by atoms with E-state index in [0.29, 0.717) is 5.88 Å². The Kier molecular flexibility index (Phi) is 2.71. The quantitative estimate of drug-likeness (QED) is 0.539. The summed E-state index contributed by atoms with van der Waals surface area (Å²) in [6, 6.07) is 5.95. The van der Waals surface area contributed by atoms with E-state index in [4.69, 9.17) is 9.72 Å². The maximum atomic E-state index is 5.28. The van der Waals surface area contributed by atoms with Gasteiger partial charge in [0, 0.05) is 55.1 Å². The Hall–Kier alpha value is -3.35. The second-order valence-electron chi connectivity index (χ2n) is 6.15. The molecule has 0 aromatic carbocycles. The van der Waals surface area contributed by atoms with Crippen molar-refractivity contribution in [2.24, 2.45) is 14.1 Å². The molecule has 0 unspecified atom stereocenters. The summed E-state index contributed by atoms with van der Waals surface area (Å²) in [5, 5.41) is 5.27. The number of aromatic amines is 1. The standard InChI is InChI=1S/C18H16N6O/c1-23-9-12(16-14(23)4-5-15(22-16)25-3)13-6-11-17-10(8-20-24(17)2)7-19-18(11)21-13/h4-9,20H,1-3H3. The summed E-state index contributed by atoms with van der Waals surface area (Å²) in [7, 11) is 5.61. The highest BCUT2D eigenvalue weighted by Crippen LogP contribution is 2.33. The van der Waals surface area contributed by atoms with Gasteiger partial charge in [0.05, 0.1) is 23.8 Å². The minimum absolute atomic E-state index is 0.591.